The van der Waals surface area contributed by atoms with Crippen molar-refractivity contribution < 1.29 is 10.2 Å². The van der Waals surface area contributed by atoms with Crippen molar-refractivity contribution in [2.75, 3.05) is 13.1 Å². The van der Waals surface area contributed by atoms with Crippen molar-refractivity contribution in [3.8, 4) is 0 Å². The monoisotopic (exact) mass is 374 g/mol. The molecule has 0 aromatic rings. The minimum absolute atomic E-state index is 0.126. The van der Waals surface area contributed by atoms with Gasteiger partial charge in [0.15, 0.2) is 0 Å². The Morgan fingerprint density at radius 2 is 1.64 bits per heavy atom. The van der Waals surface area contributed by atoms with E-state index in [-0.39, 0.29) is 17.4 Å². The van der Waals surface area contributed by atoms with E-state index in [4.69, 9.17) is 11.6 Å². The lowest BCUT2D eigenvalue weighted by atomic mass is 9.64. The largest absolute Gasteiger partial charge is 0.379 e. The maximum Gasteiger partial charge on any atom is 0.123 e. The van der Waals surface area contributed by atoms with Crippen LogP contribution in [0.25, 0.3) is 0 Å². The van der Waals surface area contributed by atoms with Crippen molar-refractivity contribution in [1.29, 1.82) is 0 Å². The van der Waals surface area contributed by atoms with Gasteiger partial charge in [-0.15, -0.1) is 11.6 Å². The molecule has 2 rings (SSSR count). The Hall–Kier alpha value is 0.130. The van der Waals surface area contributed by atoms with E-state index in [2.05, 4.69) is 37.9 Å². The molecule has 0 aromatic carbocycles. The van der Waals surface area contributed by atoms with Crippen molar-refractivity contribution in [2.45, 2.75) is 90.6 Å². The Balaban J connectivity index is 2.00. The van der Waals surface area contributed by atoms with E-state index >= 15 is 0 Å². The summed E-state index contributed by atoms with van der Waals surface area (Å²) >= 11 is 6.29. The van der Waals surface area contributed by atoms with Gasteiger partial charge in [0.1, 0.15) is 12.5 Å². The first-order chi connectivity index (χ1) is 11.6. The van der Waals surface area contributed by atoms with Crippen LogP contribution in [0.1, 0.15) is 66.7 Å². The van der Waals surface area contributed by atoms with Crippen LogP contribution >= 0.6 is 11.6 Å². The number of halogens is 1. The third kappa shape index (κ3) is 5.55. The van der Waals surface area contributed by atoms with Gasteiger partial charge >= 0.3 is 0 Å². The van der Waals surface area contributed by atoms with Crippen LogP contribution in [0.3, 0.4) is 0 Å². The van der Waals surface area contributed by atoms with Crippen LogP contribution in [0.4, 0.5) is 0 Å². The van der Waals surface area contributed by atoms with Crippen LogP contribution in [-0.4, -0.2) is 52.1 Å². The predicted octanol–water partition coefficient (Wildman–Crippen LogP) is 3.40. The van der Waals surface area contributed by atoms with Crippen LogP contribution in [0.2, 0.25) is 0 Å². The zero-order chi connectivity index (χ0) is 18.8. The third-order valence-electron chi connectivity index (χ3n) is 6.46. The van der Waals surface area contributed by atoms with Crippen LogP contribution in [-0.2, 0) is 0 Å². The Bertz CT molecular complexity index is 409. The summed E-state index contributed by atoms with van der Waals surface area (Å²) in [4.78, 5) is 2.21. The summed E-state index contributed by atoms with van der Waals surface area (Å²) in [7, 11) is 0. The number of nitrogens with one attached hydrogen (secondary N) is 1. The van der Waals surface area contributed by atoms with E-state index in [1.165, 1.54) is 12.8 Å². The Labute approximate surface area is 159 Å². The molecule has 0 radical (unpaired) electrons. The van der Waals surface area contributed by atoms with Crippen molar-refractivity contribution in [1.82, 2.24) is 10.2 Å². The van der Waals surface area contributed by atoms with Crippen LogP contribution in [0.15, 0.2) is 0 Å². The first-order valence-electron chi connectivity index (χ1n) is 10.1. The van der Waals surface area contributed by atoms with Gasteiger partial charge in [0.05, 0.1) is 6.04 Å². The number of likely N-dealkylation sites (tertiary alicyclic amines) is 1. The highest BCUT2D eigenvalue weighted by Gasteiger charge is 2.43. The van der Waals surface area contributed by atoms with E-state index in [1.54, 1.807) is 6.92 Å². The lowest BCUT2D eigenvalue weighted by Gasteiger charge is -2.51. The second kappa shape index (κ2) is 8.88. The summed E-state index contributed by atoms with van der Waals surface area (Å²) in [5.74, 6) is 1.74. The lowest BCUT2D eigenvalue weighted by Crippen LogP contribution is -2.59. The molecule has 0 bridgehead atoms. The van der Waals surface area contributed by atoms with Gasteiger partial charge in [-0.25, -0.2) is 0 Å². The number of alkyl halides is 1. The molecule has 1 saturated heterocycles. The average molecular weight is 375 g/mol. The normalized spacial score (nSPS) is 34.7. The minimum atomic E-state index is -0.613. The van der Waals surface area contributed by atoms with Crippen LogP contribution in [0, 0.1) is 23.2 Å². The lowest BCUT2D eigenvalue weighted by molar-refractivity contribution is -0.100. The molecule has 5 heteroatoms. The van der Waals surface area contributed by atoms with Crippen molar-refractivity contribution >= 4 is 11.6 Å². The highest BCUT2D eigenvalue weighted by atomic mass is 35.5. The second-order valence-corrected chi connectivity index (χ2v) is 10.0. The maximum atomic E-state index is 11.0. The van der Waals surface area contributed by atoms with Gasteiger partial charge < -0.3 is 10.2 Å². The number of hydrogen-bond acceptors (Lipinski definition) is 4. The zero-order valence-electron chi connectivity index (χ0n) is 16.7. The topological polar surface area (TPSA) is 55.7 Å². The first-order valence-corrected chi connectivity index (χ1v) is 10.6. The minimum Gasteiger partial charge on any atom is -0.379 e. The zero-order valence-corrected chi connectivity index (χ0v) is 17.5. The van der Waals surface area contributed by atoms with Gasteiger partial charge in [0, 0.05) is 18.5 Å². The predicted molar refractivity (Wildman–Crippen MR) is 105 cm³/mol. The number of aliphatic hydroxyl groups excluding tert-OH is 2. The molecular formula is C20H39ClN2O2. The van der Waals surface area contributed by atoms with Gasteiger partial charge in [-0.05, 0) is 62.2 Å². The highest BCUT2D eigenvalue weighted by Crippen LogP contribution is 2.45. The standard InChI is InChI=1S/C20H39ClN2O2/c1-13(2)18(22-14(3)24)19(25)23-11-10-17(20(4,5)12-23)15-6-8-16(21)9-7-15/h13-19,22,24-25H,6-12H2,1-5H3/t14-,15?,16?,17?,18+,19?/m0/s1. The van der Waals surface area contributed by atoms with E-state index in [1.807, 2.05) is 0 Å². The Morgan fingerprint density at radius 1 is 1.04 bits per heavy atom. The van der Waals surface area contributed by atoms with Gasteiger partial charge in [-0.3, -0.25) is 10.2 Å². The fourth-order valence-electron chi connectivity index (χ4n) is 5.12. The third-order valence-corrected chi connectivity index (χ3v) is 6.90. The molecule has 2 unspecified atom stereocenters. The highest BCUT2D eigenvalue weighted by molar-refractivity contribution is 6.20. The number of rotatable bonds is 6. The van der Waals surface area contributed by atoms with Crippen molar-refractivity contribution in [2.24, 2.45) is 23.2 Å². The Morgan fingerprint density at radius 3 is 2.12 bits per heavy atom. The molecule has 2 fully saturated rings. The fourth-order valence-corrected chi connectivity index (χ4v) is 5.38. The van der Waals surface area contributed by atoms with E-state index in [0.717, 1.165) is 38.3 Å². The van der Waals surface area contributed by atoms with Crippen LogP contribution in [0.5, 0.6) is 0 Å². The molecule has 2 aliphatic rings. The summed E-state index contributed by atoms with van der Waals surface area (Å²) in [6.07, 6.45) is 4.78. The molecule has 3 N–H and O–H groups in total. The smallest absolute Gasteiger partial charge is 0.123 e. The molecular weight excluding hydrogens is 336 g/mol. The summed E-state index contributed by atoms with van der Waals surface area (Å²) < 4.78 is 0. The summed E-state index contributed by atoms with van der Waals surface area (Å²) in [6.45, 7) is 12.4. The molecule has 148 valence electrons. The SMILES string of the molecule is CC(C)[C@@H](N[C@H](C)O)C(O)N1CCC(C2CCC(Cl)CC2)C(C)(C)C1. The van der Waals surface area contributed by atoms with Gasteiger partial charge in [-0.2, -0.15) is 0 Å². The molecule has 4 nitrogen and oxygen atoms in total. The number of hydrogen-bond donors (Lipinski definition) is 3. The molecule has 25 heavy (non-hydrogen) atoms. The van der Waals surface area contributed by atoms with Crippen molar-refractivity contribution in [3.63, 3.8) is 0 Å². The van der Waals surface area contributed by atoms with Crippen LogP contribution < -0.4 is 5.32 Å². The molecule has 1 saturated carbocycles. The molecule has 0 spiro atoms. The van der Waals surface area contributed by atoms with Gasteiger partial charge in [0.25, 0.3) is 0 Å². The number of nitrogens with zero attached hydrogens (tertiary/aromatic N) is 1. The molecule has 4 atom stereocenters. The fraction of sp³-hybridized carbons (Fsp3) is 1.00. The summed E-state index contributed by atoms with van der Waals surface area (Å²) in [5, 5.41) is 24.2. The molecule has 1 aliphatic heterocycles. The average Bonchev–Trinajstić information content (AvgIpc) is 2.51. The van der Waals surface area contributed by atoms with Gasteiger partial charge in [-0.1, -0.05) is 27.7 Å². The van der Waals surface area contributed by atoms with E-state index in [9.17, 15) is 10.2 Å². The Kier molecular flexibility index (Phi) is 7.61. The summed E-state index contributed by atoms with van der Waals surface area (Å²) in [5.41, 5.74) is 0.190. The van der Waals surface area contributed by atoms with Gasteiger partial charge in [0.2, 0.25) is 0 Å². The quantitative estimate of drug-likeness (QED) is 0.492. The van der Waals surface area contributed by atoms with E-state index in [0.29, 0.717) is 11.3 Å². The number of piperidine rings is 1. The molecule has 1 heterocycles. The van der Waals surface area contributed by atoms with E-state index < -0.39 is 12.5 Å². The number of aliphatic hydroxyl groups is 2. The second-order valence-electron chi connectivity index (χ2n) is 9.39. The molecule has 1 aliphatic carbocycles. The first kappa shape index (κ1) is 21.4. The molecule has 0 amide bonds. The summed E-state index contributed by atoms with van der Waals surface area (Å²) in [6, 6.07) is -0.126. The molecule has 0 aromatic heterocycles. The maximum absolute atomic E-state index is 11.0. The van der Waals surface area contributed by atoms with Crippen molar-refractivity contribution in [3.05, 3.63) is 0 Å².